The van der Waals surface area contributed by atoms with Crippen LogP contribution in [0.4, 0.5) is 5.69 Å². The Morgan fingerprint density at radius 3 is 2.62 bits per heavy atom. The van der Waals surface area contributed by atoms with Crippen molar-refractivity contribution >= 4 is 23.4 Å². The number of carbonyl (C=O) groups is 1. The van der Waals surface area contributed by atoms with E-state index in [1.54, 1.807) is 12.4 Å². The molecule has 146 valence electrons. The number of hydrogen-bond acceptors (Lipinski definition) is 5. The number of nitrogens with one attached hydrogen (secondary N) is 1. The van der Waals surface area contributed by atoms with Crippen molar-refractivity contribution in [1.29, 1.82) is 0 Å². The molecule has 4 rings (SSSR count). The van der Waals surface area contributed by atoms with Crippen molar-refractivity contribution in [2.75, 3.05) is 11.1 Å². The molecule has 3 aromatic heterocycles. The van der Waals surface area contributed by atoms with E-state index in [0.29, 0.717) is 11.0 Å². The summed E-state index contributed by atoms with van der Waals surface area (Å²) in [6.45, 7) is 4.07. The van der Waals surface area contributed by atoms with Gasteiger partial charge in [-0.25, -0.2) is 4.68 Å². The van der Waals surface area contributed by atoms with Crippen LogP contribution in [0.3, 0.4) is 0 Å². The van der Waals surface area contributed by atoms with E-state index in [-0.39, 0.29) is 11.7 Å². The van der Waals surface area contributed by atoms with E-state index >= 15 is 0 Å². The number of aryl methyl sites for hydroxylation is 2. The molecule has 0 unspecified atom stereocenters. The van der Waals surface area contributed by atoms with Crippen LogP contribution in [0.15, 0.2) is 72.4 Å². The van der Waals surface area contributed by atoms with Gasteiger partial charge in [0.1, 0.15) is 0 Å². The number of anilines is 1. The molecule has 0 bridgehead atoms. The van der Waals surface area contributed by atoms with E-state index in [4.69, 9.17) is 0 Å². The molecule has 0 aliphatic heterocycles. The molecule has 0 spiro atoms. The number of amides is 1. The molecule has 0 atom stereocenters. The lowest BCUT2D eigenvalue weighted by Gasteiger charge is -2.11. The molecular formula is C21H20N6OS. The number of thioether (sulfide) groups is 1. The maximum Gasteiger partial charge on any atom is 0.234 e. The topological polar surface area (TPSA) is 77.6 Å². The van der Waals surface area contributed by atoms with E-state index in [0.717, 1.165) is 16.8 Å². The van der Waals surface area contributed by atoms with Crippen molar-refractivity contribution in [3.63, 3.8) is 0 Å². The third kappa shape index (κ3) is 4.22. The molecule has 1 N–H and O–H groups in total. The maximum atomic E-state index is 12.5. The zero-order valence-corrected chi connectivity index (χ0v) is 16.9. The molecule has 4 aromatic rings. The maximum absolute atomic E-state index is 12.5. The van der Waals surface area contributed by atoms with Gasteiger partial charge in [-0.15, -0.1) is 10.2 Å². The van der Waals surface area contributed by atoms with Gasteiger partial charge in [-0.05, 0) is 61.4 Å². The first kappa shape index (κ1) is 18.9. The fraction of sp³-hybridized carbons (Fsp3) is 0.143. The van der Waals surface area contributed by atoms with Gasteiger partial charge in [-0.3, -0.25) is 14.5 Å². The Hall–Kier alpha value is -3.39. The van der Waals surface area contributed by atoms with Gasteiger partial charge in [-0.2, -0.15) is 0 Å². The SMILES string of the molecule is Cc1ccc(NC(=O)CSc2nnc(-c3cccnc3)n2-n2cccc2)cc1C. The van der Waals surface area contributed by atoms with E-state index < -0.39 is 0 Å². The second-order valence-electron chi connectivity index (χ2n) is 6.56. The Labute approximate surface area is 172 Å². The van der Waals surface area contributed by atoms with Crippen LogP contribution in [0.2, 0.25) is 0 Å². The molecular weight excluding hydrogens is 384 g/mol. The number of hydrogen-bond donors (Lipinski definition) is 1. The Kier molecular flexibility index (Phi) is 5.44. The molecule has 1 aromatic carbocycles. The normalized spacial score (nSPS) is 10.8. The summed E-state index contributed by atoms with van der Waals surface area (Å²) in [5.41, 5.74) is 3.98. The highest BCUT2D eigenvalue weighted by Gasteiger charge is 2.17. The van der Waals surface area contributed by atoms with Crippen LogP contribution in [0.5, 0.6) is 0 Å². The third-order valence-corrected chi connectivity index (χ3v) is 5.39. The summed E-state index contributed by atoms with van der Waals surface area (Å²) < 4.78 is 3.75. The van der Waals surface area contributed by atoms with Crippen LogP contribution in [0, 0.1) is 13.8 Å². The van der Waals surface area contributed by atoms with E-state index in [9.17, 15) is 4.79 Å². The summed E-state index contributed by atoms with van der Waals surface area (Å²) in [5.74, 6) is 0.786. The standard InChI is InChI=1S/C21H20N6OS/c1-15-7-8-18(12-16(15)2)23-19(28)14-29-21-25-24-20(17-6-5-9-22-13-17)27(21)26-10-3-4-11-26/h3-13H,14H2,1-2H3,(H,23,28). The number of carbonyl (C=O) groups excluding carboxylic acids is 1. The molecule has 0 aliphatic rings. The minimum Gasteiger partial charge on any atom is -0.325 e. The van der Waals surface area contributed by atoms with Crippen LogP contribution in [-0.2, 0) is 4.79 Å². The highest BCUT2D eigenvalue weighted by molar-refractivity contribution is 7.99. The van der Waals surface area contributed by atoms with E-state index in [1.165, 1.54) is 17.3 Å². The molecule has 0 fully saturated rings. The van der Waals surface area contributed by atoms with Crippen molar-refractivity contribution in [1.82, 2.24) is 24.5 Å². The molecule has 0 saturated heterocycles. The van der Waals surface area contributed by atoms with Gasteiger partial charge < -0.3 is 5.32 Å². The number of rotatable bonds is 6. The van der Waals surface area contributed by atoms with Crippen LogP contribution in [0.25, 0.3) is 11.4 Å². The highest BCUT2D eigenvalue weighted by atomic mass is 32.2. The fourth-order valence-electron chi connectivity index (χ4n) is 2.84. The lowest BCUT2D eigenvalue weighted by molar-refractivity contribution is -0.113. The third-order valence-electron chi connectivity index (χ3n) is 4.47. The molecule has 0 saturated carbocycles. The van der Waals surface area contributed by atoms with Gasteiger partial charge in [0.15, 0.2) is 5.82 Å². The molecule has 8 heteroatoms. The van der Waals surface area contributed by atoms with Crippen molar-refractivity contribution in [3.8, 4) is 11.4 Å². The van der Waals surface area contributed by atoms with Gasteiger partial charge in [0.2, 0.25) is 11.1 Å². The lowest BCUT2D eigenvalue weighted by atomic mass is 10.1. The summed E-state index contributed by atoms with van der Waals surface area (Å²) in [5, 5.41) is 12.2. The molecule has 7 nitrogen and oxygen atoms in total. The zero-order valence-electron chi connectivity index (χ0n) is 16.1. The summed E-state index contributed by atoms with van der Waals surface area (Å²) in [6.07, 6.45) is 7.27. The van der Waals surface area contributed by atoms with Crippen molar-refractivity contribution < 1.29 is 4.79 Å². The molecule has 1 amide bonds. The van der Waals surface area contributed by atoms with Gasteiger partial charge in [-0.1, -0.05) is 17.8 Å². The Bertz CT molecular complexity index is 1120. The average Bonchev–Trinajstić information content (AvgIpc) is 3.39. The predicted octanol–water partition coefficient (Wildman–Crippen LogP) is 3.80. The smallest absolute Gasteiger partial charge is 0.234 e. The second kappa shape index (κ2) is 8.32. The second-order valence-corrected chi connectivity index (χ2v) is 7.50. The fourth-order valence-corrected chi connectivity index (χ4v) is 3.58. The van der Waals surface area contributed by atoms with Gasteiger partial charge in [0, 0.05) is 36.0 Å². The summed E-state index contributed by atoms with van der Waals surface area (Å²) in [4.78, 5) is 16.6. The largest absolute Gasteiger partial charge is 0.325 e. The number of aromatic nitrogens is 5. The minimum absolute atomic E-state index is 0.0942. The van der Waals surface area contributed by atoms with Crippen molar-refractivity contribution in [2.45, 2.75) is 19.0 Å². The molecule has 3 heterocycles. The Balaban J connectivity index is 1.53. The van der Waals surface area contributed by atoms with Crippen LogP contribution in [0.1, 0.15) is 11.1 Å². The Morgan fingerprint density at radius 1 is 1.07 bits per heavy atom. The molecule has 0 radical (unpaired) electrons. The minimum atomic E-state index is -0.0942. The van der Waals surface area contributed by atoms with Crippen molar-refractivity contribution in [3.05, 3.63) is 78.4 Å². The molecule has 0 aliphatic carbocycles. The average molecular weight is 404 g/mol. The van der Waals surface area contributed by atoms with E-state index in [1.807, 2.05) is 78.1 Å². The summed E-state index contributed by atoms with van der Waals surface area (Å²) in [6, 6.07) is 13.5. The van der Waals surface area contributed by atoms with Crippen LogP contribution < -0.4 is 5.32 Å². The van der Waals surface area contributed by atoms with Gasteiger partial charge >= 0.3 is 0 Å². The predicted molar refractivity (Wildman–Crippen MR) is 114 cm³/mol. The quantitative estimate of drug-likeness (QED) is 0.495. The first-order valence-corrected chi connectivity index (χ1v) is 10.1. The van der Waals surface area contributed by atoms with Crippen LogP contribution >= 0.6 is 11.8 Å². The summed E-state index contributed by atoms with van der Waals surface area (Å²) >= 11 is 1.33. The lowest BCUT2D eigenvalue weighted by Crippen LogP contribution is -2.16. The number of nitrogens with zero attached hydrogens (tertiary/aromatic N) is 5. The first-order chi connectivity index (χ1) is 14.1. The zero-order chi connectivity index (χ0) is 20.2. The number of pyridine rings is 1. The first-order valence-electron chi connectivity index (χ1n) is 9.11. The monoisotopic (exact) mass is 404 g/mol. The van der Waals surface area contributed by atoms with Crippen molar-refractivity contribution in [2.24, 2.45) is 0 Å². The van der Waals surface area contributed by atoms with Gasteiger partial charge in [0.05, 0.1) is 5.75 Å². The van der Waals surface area contributed by atoms with Gasteiger partial charge in [0.25, 0.3) is 0 Å². The highest BCUT2D eigenvalue weighted by Crippen LogP contribution is 2.24. The van der Waals surface area contributed by atoms with Crippen LogP contribution in [-0.4, -0.2) is 36.2 Å². The Morgan fingerprint density at radius 2 is 1.90 bits per heavy atom. The van der Waals surface area contributed by atoms with E-state index in [2.05, 4.69) is 20.5 Å². The molecule has 29 heavy (non-hydrogen) atoms. The summed E-state index contributed by atoms with van der Waals surface area (Å²) in [7, 11) is 0. The number of benzene rings is 1.